The standard InChI is InChI=1S/C66H38N8/c1-69-53-18-12-17-48(35-53)44-27-29-45(30-28-44)64-70-65(51-33-49(46-15-10-13-42(31-46)40-67)36-54(38-51)73-60-23-6-2-19-56(60)57-20-3-7-24-61(57)73)72-66(71-64)52-34-50(47-16-11-14-43(32-47)41-68)37-55(39-52)74-62-25-8-4-21-58(62)59-22-5-9-26-63(59)74/h2-39H. The zero-order chi connectivity index (χ0) is 49.7. The van der Waals surface area contributed by atoms with Gasteiger partial charge in [-0.05, 0) is 124 Å². The first-order valence-electron chi connectivity index (χ1n) is 24.1. The van der Waals surface area contributed by atoms with Gasteiger partial charge in [0.1, 0.15) is 0 Å². The van der Waals surface area contributed by atoms with Gasteiger partial charge in [-0.2, -0.15) is 10.5 Å². The van der Waals surface area contributed by atoms with Gasteiger partial charge in [-0.3, -0.25) is 0 Å². The van der Waals surface area contributed by atoms with E-state index in [0.29, 0.717) is 34.3 Å². The van der Waals surface area contributed by atoms with Crippen molar-refractivity contribution in [3.8, 4) is 91.1 Å². The lowest BCUT2D eigenvalue weighted by Crippen LogP contribution is -2.03. The number of rotatable bonds is 8. The maximum atomic E-state index is 10.1. The topological polar surface area (TPSA) is 100 Å². The van der Waals surface area contributed by atoms with Crippen molar-refractivity contribution in [2.75, 3.05) is 0 Å². The third kappa shape index (κ3) is 7.59. The predicted molar refractivity (Wildman–Crippen MR) is 297 cm³/mol. The molecule has 0 radical (unpaired) electrons. The quantitative estimate of drug-likeness (QED) is 0.141. The molecule has 0 aliphatic carbocycles. The molecule has 0 fully saturated rings. The molecule has 342 valence electrons. The highest BCUT2D eigenvalue weighted by molar-refractivity contribution is 6.10. The lowest BCUT2D eigenvalue weighted by atomic mass is 9.99. The first-order chi connectivity index (χ1) is 36.5. The van der Waals surface area contributed by atoms with Gasteiger partial charge in [-0.25, -0.2) is 19.8 Å². The van der Waals surface area contributed by atoms with Crippen molar-refractivity contribution >= 4 is 49.3 Å². The van der Waals surface area contributed by atoms with Crippen molar-refractivity contribution in [1.82, 2.24) is 24.1 Å². The SMILES string of the molecule is [C-]#[N+]c1cccc(-c2ccc(-c3nc(-c4cc(-c5cccc(C#N)c5)cc(-n5c6ccccc6c6ccccc65)c4)nc(-c4cc(-c5cccc(C#N)c5)cc(-n5c6ccccc6c6ccccc65)c4)n3)cc2)c1. The highest BCUT2D eigenvalue weighted by atomic mass is 15.0. The Morgan fingerprint density at radius 3 is 1.11 bits per heavy atom. The third-order valence-electron chi connectivity index (χ3n) is 13.8. The molecule has 3 heterocycles. The minimum atomic E-state index is 0.453. The van der Waals surface area contributed by atoms with Crippen LogP contribution in [-0.4, -0.2) is 24.1 Å². The van der Waals surface area contributed by atoms with E-state index < -0.39 is 0 Å². The van der Waals surface area contributed by atoms with Gasteiger partial charge in [-0.1, -0.05) is 140 Å². The molecule has 0 aliphatic rings. The Hall–Kier alpha value is -10.7. The molecule has 0 atom stereocenters. The van der Waals surface area contributed by atoms with E-state index >= 15 is 0 Å². The molecule has 3 aromatic heterocycles. The number of aromatic nitrogens is 5. The van der Waals surface area contributed by atoms with E-state index in [1.807, 2.05) is 97.1 Å². The largest absolute Gasteiger partial charge is 0.309 e. The summed E-state index contributed by atoms with van der Waals surface area (Å²) in [5.74, 6) is 1.38. The summed E-state index contributed by atoms with van der Waals surface area (Å²) >= 11 is 0. The Morgan fingerprint density at radius 1 is 0.324 bits per heavy atom. The summed E-state index contributed by atoms with van der Waals surface area (Å²) in [6, 6.07) is 82.3. The Labute approximate surface area is 426 Å². The maximum absolute atomic E-state index is 10.1. The molecule has 13 rings (SSSR count). The van der Waals surface area contributed by atoms with E-state index in [4.69, 9.17) is 21.5 Å². The van der Waals surface area contributed by atoms with Crippen molar-refractivity contribution in [2.24, 2.45) is 0 Å². The highest BCUT2D eigenvalue weighted by Crippen LogP contribution is 2.39. The first-order valence-corrected chi connectivity index (χ1v) is 24.1. The van der Waals surface area contributed by atoms with Crippen LogP contribution >= 0.6 is 0 Å². The average molecular weight is 943 g/mol. The summed E-state index contributed by atoms with van der Waals surface area (Å²) in [6.45, 7) is 7.62. The van der Waals surface area contributed by atoms with E-state index in [2.05, 4.69) is 160 Å². The fraction of sp³-hybridized carbons (Fsp3) is 0. The Kier molecular flexibility index (Phi) is 10.5. The molecule has 0 saturated carbocycles. The molecule has 0 aliphatic heterocycles. The summed E-state index contributed by atoms with van der Waals surface area (Å²) in [6.07, 6.45) is 0. The summed E-state index contributed by atoms with van der Waals surface area (Å²) in [5, 5.41) is 24.7. The van der Waals surface area contributed by atoms with Crippen molar-refractivity contribution in [3.63, 3.8) is 0 Å². The van der Waals surface area contributed by atoms with Crippen LogP contribution in [0.3, 0.4) is 0 Å². The Bertz CT molecular complexity index is 4190. The van der Waals surface area contributed by atoms with Gasteiger partial charge in [0.15, 0.2) is 23.2 Å². The smallest absolute Gasteiger partial charge is 0.187 e. The van der Waals surface area contributed by atoms with Crippen LogP contribution in [0.4, 0.5) is 5.69 Å². The normalized spacial score (nSPS) is 11.2. The minimum Gasteiger partial charge on any atom is -0.309 e. The summed E-state index contributed by atoms with van der Waals surface area (Å²) in [4.78, 5) is 19.8. The van der Waals surface area contributed by atoms with Crippen molar-refractivity contribution in [3.05, 3.63) is 253 Å². The number of nitriles is 2. The molecular formula is C66H38N8. The molecule has 74 heavy (non-hydrogen) atoms. The van der Waals surface area contributed by atoms with Crippen LogP contribution in [0.15, 0.2) is 231 Å². The van der Waals surface area contributed by atoms with E-state index in [9.17, 15) is 10.5 Å². The number of hydrogen-bond acceptors (Lipinski definition) is 5. The lowest BCUT2D eigenvalue weighted by Gasteiger charge is -2.16. The minimum absolute atomic E-state index is 0.453. The molecule has 0 spiro atoms. The van der Waals surface area contributed by atoms with Crippen LogP contribution in [-0.2, 0) is 0 Å². The lowest BCUT2D eigenvalue weighted by molar-refractivity contribution is 1.07. The van der Waals surface area contributed by atoms with Crippen molar-refractivity contribution < 1.29 is 0 Å². The fourth-order valence-electron chi connectivity index (χ4n) is 10.3. The first kappa shape index (κ1) is 43.3. The second-order valence-electron chi connectivity index (χ2n) is 18.2. The van der Waals surface area contributed by atoms with Gasteiger partial charge in [0.25, 0.3) is 0 Å². The number of hydrogen-bond donors (Lipinski definition) is 0. The number of fused-ring (bicyclic) bond motifs is 6. The fourth-order valence-corrected chi connectivity index (χ4v) is 10.3. The summed E-state index contributed by atoms with van der Waals surface area (Å²) < 4.78 is 4.57. The van der Waals surface area contributed by atoms with E-state index in [1.54, 1.807) is 0 Å². The maximum Gasteiger partial charge on any atom is 0.187 e. The molecule has 0 bridgehead atoms. The molecular weight excluding hydrogens is 905 g/mol. The number of nitrogens with zero attached hydrogens (tertiary/aromatic N) is 8. The zero-order valence-corrected chi connectivity index (χ0v) is 39.5. The van der Waals surface area contributed by atoms with Crippen molar-refractivity contribution in [2.45, 2.75) is 0 Å². The van der Waals surface area contributed by atoms with Crippen LogP contribution < -0.4 is 0 Å². The second kappa shape index (κ2) is 17.9. The molecule has 10 aromatic carbocycles. The van der Waals surface area contributed by atoms with Crippen LogP contribution in [0.5, 0.6) is 0 Å². The molecule has 8 nitrogen and oxygen atoms in total. The predicted octanol–water partition coefficient (Wildman–Crippen LogP) is 16.4. The average Bonchev–Trinajstić information content (AvgIpc) is 4.03. The van der Waals surface area contributed by atoms with Crippen LogP contribution in [0.2, 0.25) is 0 Å². The van der Waals surface area contributed by atoms with Gasteiger partial charge >= 0.3 is 0 Å². The summed E-state index contributed by atoms with van der Waals surface area (Å²) in [7, 11) is 0. The van der Waals surface area contributed by atoms with Crippen molar-refractivity contribution in [1.29, 1.82) is 10.5 Å². The van der Waals surface area contributed by atoms with Gasteiger partial charge in [-0.15, -0.1) is 0 Å². The molecule has 13 aromatic rings. The number of benzene rings is 10. The second-order valence-corrected chi connectivity index (χ2v) is 18.2. The zero-order valence-electron chi connectivity index (χ0n) is 39.5. The Morgan fingerprint density at radius 2 is 0.689 bits per heavy atom. The van der Waals surface area contributed by atoms with E-state index in [-0.39, 0.29) is 0 Å². The Balaban J connectivity index is 1.08. The number of para-hydroxylation sites is 4. The van der Waals surface area contributed by atoms with Gasteiger partial charge < -0.3 is 9.13 Å². The summed E-state index contributed by atoms with van der Waals surface area (Å²) in [5.41, 5.74) is 15.4. The molecule has 0 N–H and O–H groups in total. The molecule has 0 saturated heterocycles. The van der Waals surface area contributed by atoms with Gasteiger partial charge in [0.2, 0.25) is 0 Å². The highest BCUT2D eigenvalue weighted by Gasteiger charge is 2.20. The van der Waals surface area contributed by atoms with Crippen LogP contribution in [0.1, 0.15) is 11.1 Å². The van der Waals surface area contributed by atoms with E-state index in [1.165, 1.54) is 0 Å². The monoisotopic (exact) mass is 942 g/mol. The van der Waals surface area contributed by atoms with E-state index in [0.717, 1.165) is 105 Å². The van der Waals surface area contributed by atoms with Gasteiger partial charge in [0, 0.05) is 49.6 Å². The molecule has 0 amide bonds. The molecule has 0 unspecified atom stereocenters. The third-order valence-corrected chi connectivity index (χ3v) is 13.8. The van der Waals surface area contributed by atoms with Crippen LogP contribution in [0, 0.1) is 29.2 Å². The van der Waals surface area contributed by atoms with Crippen LogP contribution in [0.25, 0.3) is 127 Å². The molecule has 8 heteroatoms. The van der Waals surface area contributed by atoms with Gasteiger partial charge in [0.05, 0.1) is 51.9 Å².